The Bertz CT molecular complexity index is 777. The first-order chi connectivity index (χ1) is 10.6. The Balaban J connectivity index is 1.68. The smallest absolute Gasteiger partial charge is 0.267 e. The highest BCUT2D eigenvalue weighted by Crippen LogP contribution is 2.16. The molecule has 22 heavy (non-hydrogen) atoms. The minimum atomic E-state index is -0.616. The van der Waals surface area contributed by atoms with Crippen LogP contribution in [0.5, 0.6) is 5.75 Å². The number of carbonyl (C=O) groups excluding carboxylic acids is 1. The molecular weight excluding hydrogens is 278 g/mol. The van der Waals surface area contributed by atoms with Gasteiger partial charge in [-0.25, -0.2) is 4.98 Å². The van der Waals surface area contributed by atoms with E-state index < -0.39 is 6.10 Å². The van der Waals surface area contributed by atoms with Crippen LogP contribution in [0.15, 0.2) is 48.5 Å². The lowest BCUT2D eigenvalue weighted by molar-refractivity contribution is -0.122. The molecule has 1 heterocycles. The maximum atomic E-state index is 12.2. The number of anilines is 1. The molecule has 1 amide bonds. The number of carbonyl (C=O) groups is 1. The number of hydrogen-bond donors (Lipinski definition) is 2. The Morgan fingerprint density at radius 1 is 1.23 bits per heavy atom. The lowest BCUT2D eigenvalue weighted by Crippen LogP contribution is -2.30. The third kappa shape index (κ3) is 3.09. The molecule has 1 aromatic heterocycles. The van der Waals surface area contributed by atoms with E-state index in [0.717, 1.165) is 16.6 Å². The first-order valence-corrected chi connectivity index (χ1v) is 7.11. The normalized spacial score (nSPS) is 12.1. The molecule has 0 saturated heterocycles. The predicted octanol–water partition coefficient (Wildman–Crippen LogP) is 3.28. The SMILES string of the molecule is Cc1cccc(OC(C)C(=O)Nc2nc3ccccc3[nH]2)c1. The third-order valence-electron chi connectivity index (χ3n) is 3.30. The number of fused-ring (bicyclic) bond motifs is 1. The summed E-state index contributed by atoms with van der Waals surface area (Å²) < 4.78 is 5.65. The Morgan fingerprint density at radius 2 is 2.05 bits per heavy atom. The molecular formula is C17H17N3O2. The van der Waals surface area contributed by atoms with Crippen LogP contribution in [0.2, 0.25) is 0 Å². The quantitative estimate of drug-likeness (QED) is 0.776. The Hall–Kier alpha value is -2.82. The zero-order valence-electron chi connectivity index (χ0n) is 12.5. The Kier molecular flexibility index (Phi) is 3.78. The number of hydrogen-bond acceptors (Lipinski definition) is 3. The number of imidazole rings is 1. The summed E-state index contributed by atoms with van der Waals surface area (Å²) in [6.45, 7) is 3.69. The molecule has 5 nitrogen and oxygen atoms in total. The van der Waals surface area contributed by atoms with E-state index in [4.69, 9.17) is 4.74 Å². The molecule has 1 unspecified atom stereocenters. The molecule has 0 bridgehead atoms. The van der Waals surface area contributed by atoms with Gasteiger partial charge in [-0.15, -0.1) is 0 Å². The van der Waals surface area contributed by atoms with Gasteiger partial charge in [0.2, 0.25) is 5.95 Å². The zero-order valence-corrected chi connectivity index (χ0v) is 12.5. The van der Waals surface area contributed by atoms with Gasteiger partial charge in [0.1, 0.15) is 5.75 Å². The van der Waals surface area contributed by atoms with E-state index in [1.165, 1.54) is 0 Å². The molecule has 2 N–H and O–H groups in total. The second-order valence-electron chi connectivity index (χ2n) is 5.17. The number of aromatic nitrogens is 2. The second-order valence-corrected chi connectivity index (χ2v) is 5.17. The van der Waals surface area contributed by atoms with Crippen LogP contribution in [0.1, 0.15) is 12.5 Å². The van der Waals surface area contributed by atoms with Gasteiger partial charge in [-0.2, -0.15) is 0 Å². The van der Waals surface area contributed by atoms with Crippen molar-refractivity contribution in [1.82, 2.24) is 9.97 Å². The standard InChI is InChI=1S/C17H17N3O2/c1-11-6-5-7-13(10-11)22-12(2)16(21)20-17-18-14-8-3-4-9-15(14)19-17/h3-10,12H,1-2H3,(H2,18,19,20,21). The van der Waals surface area contributed by atoms with E-state index in [-0.39, 0.29) is 5.91 Å². The van der Waals surface area contributed by atoms with Crippen molar-refractivity contribution in [3.8, 4) is 5.75 Å². The fourth-order valence-electron chi connectivity index (χ4n) is 2.18. The molecule has 2 aromatic carbocycles. The van der Waals surface area contributed by atoms with Crippen LogP contribution in [0.3, 0.4) is 0 Å². The largest absolute Gasteiger partial charge is 0.481 e. The highest BCUT2D eigenvalue weighted by atomic mass is 16.5. The van der Waals surface area contributed by atoms with Crippen molar-refractivity contribution in [3.05, 3.63) is 54.1 Å². The van der Waals surface area contributed by atoms with Gasteiger partial charge in [-0.3, -0.25) is 10.1 Å². The number of rotatable bonds is 4. The van der Waals surface area contributed by atoms with Crippen LogP contribution in [0.25, 0.3) is 11.0 Å². The van der Waals surface area contributed by atoms with Crippen LogP contribution >= 0.6 is 0 Å². The monoisotopic (exact) mass is 295 g/mol. The summed E-state index contributed by atoms with van der Waals surface area (Å²) >= 11 is 0. The van der Waals surface area contributed by atoms with E-state index in [1.807, 2.05) is 55.5 Å². The van der Waals surface area contributed by atoms with Gasteiger partial charge in [-0.1, -0.05) is 24.3 Å². The van der Waals surface area contributed by atoms with Crippen molar-refractivity contribution in [1.29, 1.82) is 0 Å². The minimum Gasteiger partial charge on any atom is -0.481 e. The van der Waals surface area contributed by atoms with Crippen molar-refractivity contribution in [2.24, 2.45) is 0 Å². The van der Waals surface area contributed by atoms with Crippen molar-refractivity contribution in [3.63, 3.8) is 0 Å². The Labute approximate surface area is 128 Å². The molecule has 0 radical (unpaired) electrons. The number of aromatic amines is 1. The van der Waals surface area contributed by atoms with Crippen LogP contribution in [-0.2, 0) is 4.79 Å². The Morgan fingerprint density at radius 3 is 2.82 bits per heavy atom. The summed E-state index contributed by atoms with van der Waals surface area (Å²) in [4.78, 5) is 19.6. The van der Waals surface area contributed by atoms with Gasteiger partial charge in [-0.05, 0) is 43.7 Å². The summed E-state index contributed by atoms with van der Waals surface area (Å²) in [5.41, 5.74) is 2.78. The molecule has 0 saturated carbocycles. The number of benzene rings is 2. The van der Waals surface area contributed by atoms with Crippen molar-refractivity contribution in [2.45, 2.75) is 20.0 Å². The van der Waals surface area contributed by atoms with Crippen LogP contribution in [0.4, 0.5) is 5.95 Å². The summed E-state index contributed by atoms with van der Waals surface area (Å²) in [6, 6.07) is 15.2. The van der Waals surface area contributed by atoms with Crippen molar-refractivity contribution in [2.75, 3.05) is 5.32 Å². The number of nitrogens with zero attached hydrogens (tertiary/aromatic N) is 1. The zero-order chi connectivity index (χ0) is 15.5. The minimum absolute atomic E-state index is 0.249. The van der Waals surface area contributed by atoms with E-state index in [1.54, 1.807) is 6.92 Å². The highest BCUT2D eigenvalue weighted by Gasteiger charge is 2.16. The molecule has 0 aliphatic rings. The summed E-state index contributed by atoms with van der Waals surface area (Å²) in [5, 5.41) is 2.74. The number of aryl methyl sites for hydroxylation is 1. The topological polar surface area (TPSA) is 67.0 Å². The highest BCUT2D eigenvalue weighted by molar-refractivity contribution is 5.94. The maximum absolute atomic E-state index is 12.2. The number of nitrogens with one attached hydrogen (secondary N) is 2. The van der Waals surface area contributed by atoms with Crippen molar-refractivity contribution < 1.29 is 9.53 Å². The van der Waals surface area contributed by atoms with Gasteiger partial charge in [0, 0.05) is 0 Å². The molecule has 0 aliphatic carbocycles. The van der Waals surface area contributed by atoms with Crippen LogP contribution in [-0.4, -0.2) is 22.0 Å². The fourth-order valence-corrected chi connectivity index (χ4v) is 2.18. The molecule has 0 spiro atoms. The molecule has 3 rings (SSSR count). The van der Waals surface area contributed by atoms with Gasteiger partial charge in [0.25, 0.3) is 5.91 Å². The first-order valence-electron chi connectivity index (χ1n) is 7.11. The molecule has 112 valence electrons. The molecule has 3 aromatic rings. The fraction of sp³-hybridized carbons (Fsp3) is 0.176. The van der Waals surface area contributed by atoms with E-state index in [9.17, 15) is 4.79 Å². The number of para-hydroxylation sites is 2. The number of H-pyrrole nitrogens is 1. The lowest BCUT2D eigenvalue weighted by atomic mass is 10.2. The molecule has 0 fully saturated rings. The molecule has 0 aliphatic heterocycles. The van der Waals surface area contributed by atoms with E-state index in [0.29, 0.717) is 11.7 Å². The summed E-state index contributed by atoms with van der Waals surface area (Å²) in [5.74, 6) is 0.846. The summed E-state index contributed by atoms with van der Waals surface area (Å²) in [7, 11) is 0. The predicted molar refractivity (Wildman–Crippen MR) is 86.0 cm³/mol. The van der Waals surface area contributed by atoms with Crippen LogP contribution in [0, 0.1) is 6.92 Å². The average molecular weight is 295 g/mol. The van der Waals surface area contributed by atoms with E-state index >= 15 is 0 Å². The average Bonchev–Trinajstić information content (AvgIpc) is 2.89. The lowest BCUT2D eigenvalue weighted by Gasteiger charge is -2.14. The van der Waals surface area contributed by atoms with Gasteiger partial charge < -0.3 is 9.72 Å². The molecule has 1 atom stereocenters. The first kappa shape index (κ1) is 14.1. The second kappa shape index (κ2) is 5.89. The van der Waals surface area contributed by atoms with E-state index in [2.05, 4.69) is 15.3 Å². The number of ether oxygens (including phenoxy) is 1. The number of amides is 1. The van der Waals surface area contributed by atoms with Gasteiger partial charge in [0.05, 0.1) is 11.0 Å². The summed E-state index contributed by atoms with van der Waals surface area (Å²) in [6.07, 6.45) is -0.616. The van der Waals surface area contributed by atoms with Gasteiger partial charge >= 0.3 is 0 Å². The van der Waals surface area contributed by atoms with Gasteiger partial charge in [0.15, 0.2) is 6.10 Å². The molecule has 5 heteroatoms. The van der Waals surface area contributed by atoms with Crippen molar-refractivity contribution >= 4 is 22.9 Å². The maximum Gasteiger partial charge on any atom is 0.267 e. The van der Waals surface area contributed by atoms with Crippen LogP contribution < -0.4 is 10.1 Å². The third-order valence-corrected chi connectivity index (χ3v) is 3.30.